The van der Waals surface area contributed by atoms with Crippen LogP contribution in [0.2, 0.25) is 5.02 Å². The Kier molecular flexibility index (Phi) is 9.23. The molecule has 0 bridgehead atoms. The summed E-state index contributed by atoms with van der Waals surface area (Å²) in [5, 5.41) is 12.5. The van der Waals surface area contributed by atoms with Crippen molar-refractivity contribution in [1.82, 2.24) is 4.98 Å². The van der Waals surface area contributed by atoms with Crippen LogP contribution in [0.1, 0.15) is 42.5 Å². The number of halogens is 1. The molecule has 4 aromatic carbocycles. The molecule has 0 aliphatic carbocycles. The Morgan fingerprint density at radius 3 is 2.57 bits per heavy atom. The molecule has 1 amide bonds. The fourth-order valence-electron chi connectivity index (χ4n) is 5.27. The van der Waals surface area contributed by atoms with Crippen LogP contribution in [0.15, 0.2) is 96.6 Å². The summed E-state index contributed by atoms with van der Waals surface area (Å²) >= 11 is 7.46. The smallest absolute Gasteiger partial charge is 0.301 e. The van der Waals surface area contributed by atoms with Gasteiger partial charge in [-0.3, -0.25) is 14.5 Å². The molecule has 6 rings (SSSR count). The first kappa shape index (κ1) is 31.1. The van der Waals surface area contributed by atoms with Gasteiger partial charge in [0.15, 0.2) is 16.6 Å². The van der Waals surface area contributed by atoms with E-state index < -0.39 is 17.7 Å². The molecule has 234 valence electrons. The number of aliphatic hydroxyl groups is 1. The third-order valence-corrected chi connectivity index (χ3v) is 8.86. The predicted octanol–water partition coefficient (Wildman–Crippen LogP) is 8.34. The van der Waals surface area contributed by atoms with Crippen LogP contribution in [-0.4, -0.2) is 35.5 Å². The van der Waals surface area contributed by atoms with Gasteiger partial charge in [-0.25, -0.2) is 4.98 Å². The molecule has 46 heavy (non-hydrogen) atoms. The van der Waals surface area contributed by atoms with Gasteiger partial charge in [-0.05, 0) is 60.0 Å². The highest BCUT2D eigenvalue weighted by molar-refractivity contribution is 7.22. The number of carbonyl (C=O) groups is 2. The number of anilines is 1. The number of hydrogen-bond donors (Lipinski definition) is 1. The van der Waals surface area contributed by atoms with Crippen LogP contribution >= 0.6 is 22.9 Å². The fourth-order valence-corrected chi connectivity index (χ4v) is 6.53. The highest BCUT2D eigenvalue weighted by Crippen LogP contribution is 2.46. The van der Waals surface area contributed by atoms with E-state index in [1.54, 1.807) is 60.7 Å². The van der Waals surface area contributed by atoms with Crippen LogP contribution in [0.4, 0.5) is 5.13 Å². The van der Waals surface area contributed by atoms with Crippen LogP contribution in [0.3, 0.4) is 0 Å². The third kappa shape index (κ3) is 6.29. The maximum atomic E-state index is 13.8. The SMILES string of the molecule is CCCCOc1cccc(C(O)=C2C(=O)C(=O)N(c3nc4ccc(Cl)cc4s3)C2c2ccc(OCc3ccccc3)c(OC)c2)c1. The summed E-state index contributed by atoms with van der Waals surface area (Å²) in [7, 11) is 1.52. The normalized spacial score (nSPS) is 15.8. The molecule has 1 N–H and O–H groups in total. The summed E-state index contributed by atoms with van der Waals surface area (Å²) < 4.78 is 18.4. The van der Waals surface area contributed by atoms with Gasteiger partial charge >= 0.3 is 5.91 Å². The number of fused-ring (bicyclic) bond motifs is 1. The summed E-state index contributed by atoms with van der Waals surface area (Å²) in [5.41, 5.74) is 2.41. The summed E-state index contributed by atoms with van der Waals surface area (Å²) in [6, 6.07) is 26.0. The lowest BCUT2D eigenvalue weighted by atomic mass is 9.95. The van der Waals surface area contributed by atoms with Gasteiger partial charge in [0.05, 0.1) is 35.5 Å². The predicted molar refractivity (Wildman–Crippen MR) is 180 cm³/mol. The van der Waals surface area contributed by atoms with E-state index in [1.165, 1.54) is 23.3 Å². The second-order valence-corrected chi connectivity index (χ2v) is 12.1. The van der Waals surface area contributed by atoms with Crippen LogP contribution in [0, 0.1) is 0 Å². The molecule has 2 heterocycles. The first-order valence-electron chi connectivity index (χ1n) is 14.8. The van der Waals surface area contributed by atoms with Crippen molar-refractivity contribution in [2.75, 3.05) is 18.6 Å². The van der Waals surface area contributed by atoms with Crippen molar-refractivity contribution in [2.24, 2.45) is 0 Å². The van der Waals surface area contributed by atoms with Gasteiger partial charge in [-0.15, -0.1) is 0 Å². The molecule has 0 saturated carbocycles. The number of methoxy groups -OCH3 is 1. The number of hydrogen-bond acceptors (Lipinski definition) is 8. The number of aromatic nitrogens is 1. The number of nitrogens with zero attached hydrogens (tertiary/aromatic N) is 2. The van der Waals surface area contributed by atoms with Crippen molar-refractivity contribution in [1.29, 1.82) is 0 Å². The minimum Gasteiger partial charge on any atom is -0.507 e. The number of Topliss-reactive ketones (excluding diaryl/α,β-unsaturated/α-hetero) is 1. The largest absolute Gasteiger partial charge is 0.507 e. The summed E-state index contributed by atoms with van der Waals surface area (Å²) in [4.78, 5) is 33.6. The number of ketones is 1. The Labute approximate surface area is 275 Å². The molecule has 10 heteroatoms. The lowest BCUT2D eigenvalue weighted by molar-refractivity contribution is -0.132. The molecule has 1 aliphatic rings. The molecule has 5 aromatic rings. The molecular weight excluding hydrogens is 624 g/mol. The van der Waals surface area contributed by atoms with Gasteiger partial charge in [0, 0.05) is 10.6 Å². The van der Waals surface area contributed by atoms with Gasteiger partial charge in [-0.2, -0.15) is 0 Å². The van der Waals surface area contributed by atoms with Gasteiger partial charge in [-0.1, -0.05) is 84.8 Å². The van der Waals surface area contributed by atoms with Crippen molar-refractivity contribution in [3.05, 3.63) is 118 Å². The summed E-state index contributed by atoms with van der Waals surface area (Å²) in [5.74, 6) is -0.525. The number of amides is 1. The van der Waals surface area contributed by atoms with E-state index in [2.05, 4.69) is 11.9 Å². The van der Waals surface area contributed by atoms with Crippen molar-refractivity contribution in [2.45, 2.75) is 32.4 Å². The molecule has 0 spiro atoms. The fraction of sp³-hybridized carbons (Fsp3) is 0.194. The van der Waals surface area contributed by atoms with Crippen LogP contribution in [0.5, 0.6) is 17.2 Å². The topological polar surface area (TPSA) is 98.2 Å². The molecule has 8 nitrogen and oxygen atoms in total. The molecule has 1 fully saturated rings. The molecule has 1 aromatic heterocycles. The minimum atomic E-state index is -1.02. The second-order valence-electron chi connectivity index (χ2n) is 10.7. The Morgan fingerprint density at radius 2 is 1.78 bits per heavy atom. The van der Waals surface area contributed by atoms with Gasteiger partial charge in [0.1, 0.15) is 18.1 Å². The highest BCUT2D eigenvalue weighted by atomic mass is 35.5. The number of rotatable bonds is 11. The molecule has 0 radical (unpaired) electrons. The van der Waals surface area contributed by atoms with E-state index in [9.17, 15) is 14.7 Å². The number of unbranched alkanes of at least 4 members (excludes halogenated alkanes) is 1. The van der Waals surface area contributed by atoms with Crippen LogP contribution < -0.4 is 19.1 Å². The number of thiazole rings is 1. The third-order valence-electron chi connectivity index (χ3n) is 7.60. The van der Waals surface area contributed by atoms with Crippen molar-refractivity contribution >= 4 is 55.7 Å². The summed E-state index contributed by atoms with van der Waals surface area (Å²) in [6.45, 7) is 2.91. The van der Waals surface area contributed by atoms with Crippen molar-refractivity contribution in [3.63, 3.8) is 0 Å². The molecule has 1 saturated heterocycles. The standard InChI is InChI=1S/C36H31ClN2O6S/c1-3-4-17-44-26-12-8-11-24(18-26)33(40)31-32(23-13-16-28(29(19-23)43-2)45-21-22-9-6-5-7-10-22)39(35(42)34(31)41)36-38-27-15-14-25(37)20-30(27)46-36/h5-16,18-20,32,40H,3-4,17,21H2,1-2H3. The highest BCUT2D eigenvalue weighted by Gasteiger charge is 2.48. The molecule has 1 atom stereocenters. The zero-order valence-corrected chi connectivity index (χ0v) is 26.8. The molecule has 1 aliphatic heterocycles. The number of aliphatic hydroxyl groups excluding tert-OH is 1. The Balaban J connectivity index is 1.45. The van der Waals surface area contributed by atoms with Crippen LogP contribution in [-0.2, 0) is 16.2 Å². The zero-order valence-electron chi connectivity index (χ0n) is 25.2. The number of carbonyl (C=O) groups excluding carboxylic acids is 2. The molecule has 1 unspecified atom stereocenters. The zero-order chi connectivity index (χ0) is 32.2. The number of benzene rings is 4. The maximum absolute atomic E-state index is 13.8. The lowest BCUT2D eigenvalue weighted by Crippen LogP contribution is -2.29. The Bertz CT molecular complexity index is 1940. The van der Waals surface area contributed by atoms with E-state index in [-0.39, 0.29) is 11.3 Å². The monoisotopic (exact) mass is 654 g/mol. The molecular formula is C36H31ClN2O6S. The van der Waals surface area contributed by atoms with E-state index in [1.807, 2.05) is 30.3 Å². The number of ether oxygens (including phenoxy) is 3. The van der Waals surface area contributed by atoms with E-state index >= 15 is 0 Å². The Morgan fingerprint density at radius 1 is 0.957 bits per heavy atom. The first-order chi connectivity index (χ1) is 22.4. The quantitative estimate of drug-likeness (QED) is 0.0662. The van der Waals surface area contributed by atoms with Gasteiger partial charge in [0.25, 0.3) is 5.78 Å². The van der Waals surface area contributed by atoms with E-state index in [0.29, 0.717) is 57.3 Å². The average Bonchev–Trinajstić information content (AvgIpc) is 3.61. The average molecular weight is 655 g/mol. The first-order valence-corrected chi connectivity index (χ1v) is 16.0. The van der Waals surface area contributed by atoms with Gasteiger partial charge < -0.3 is 19.3 Å². The maximum Gasteiger partial charge on any atom is 0.301 e. The van der Waals surface area contributed by atoms with Crippen molar-refractivity contribution < 1.29 is 28.9 Å². The summed E-state index contributed by atoms with van der Waals surface area (Å²) in [6.07, 6.45) is 1.85. The minimum absolute atomic E-state index is 0.0759. The van der Waals surface area contributed by atoms with E-state index in [0.717, 1.165) is 23.1 Å². The van der Waals surface area contributed by atoms with E-state index in [4.69, 9.17) is 25.8 Å². The van der Waals surface area contributed by atoms with Crippen molar-refractivity contribution in [3.8, 4) is 17.2 Å². The lowest BCUT2D eigenvalue weighted by Gasteiger charge is -2.24. The Hall–Kier alpha value is -4.86. The van der Waals surface area contributed by atoms with Crippen LogP contribution in [0.25, 0.3) is 16.0 Å². The van der Waals surface area contributed by atoms with Gasteiger partial charge in [0.2, 0.25) is 0 Å². The second kappa shape index (κ2) is 13.6.